The average Bonchev–Trinajstić information content (AvgIpc) is 2.82. The molecule has 8 heteroatoms. The first kappa shape index (κ1) is 11.6. The van der Waals surface area contributed by atoms with Crippen LogP contribution in [0.3, 0.4) is 0 Å². The summed E-state index contributed by atoms with van der Waals surface area (Å²) in [4.78, 5) is 15.1. The summed E-state index contributed by atoms with van der Waals surface area (Å²) in [7, 11) is 1.71. The van der Waals surface area contributed by atoms with E-state index in [-0.39, 0.29) is 5.56 Å². The van der Waals surface area contributed by atoms with Gasteiger partial charge in [0.2, 0.25) is 5.16 Å². The minimum atomic E-state index is -0.972. The third kappa shape index (κ3) is 2.47. The molecule has 0 bridgehead atoms. The number of nitrogens with zero attached hydrogens (tertiary/aromatic N) is 4. The second kappa shape index (κ2) is 4.58. The van der Waals surface area contributed by atoms with Crippen LogP contribution in [0.1, 0.15) is 21.9 Å². The molecule has 0 aliphatic carbocycles. The number of hydrogen-bond acceptors (Lipinski definition) is 5. The summed E-state index contributed by atoms with van der Waals surface area (Å²) in [5.41, 5.74) is 0.859. The highest BCUT2D eigenvalue weighted by atomic mass is 32.2. The van der Waals surface area contributed by atoms with Crippen molar-refractivity contribution in [3.05, 3.63) is 23.3 Å². The first-order chi connectivity index (χ1) is 8.08. The molecule has 0 aliphatic heterocycles. The third-order valence-corrected chi connectivity index (χ3v) is 3.07. The van der Waals surface area contributed by atoms with Crippen LogP contribution in [0.2, 0.25) is 0 Å². The van der Waals surface area contributed by atoms with Gasteiger partial charge in [-0.2, -0.15) is 5.10 Å². The fourth-order valence-electron chi connectivity index (χ4n) is 1.33. The molecule has 0 fully saturated rings. The first-order valence-corrected chi connectivity index (χ1v) is 5.82. The maximum absolute atomic E-state index is 11.0. The van der Waals surface area contributed by atoms with Crippen molar-refractivity contribution >= 4 is 17.7 Å². The quantitative estimate of drug-likeness (QED) is 0.784. The molecule has 0 unspecified atom stereocenters. The Labute approximate surface area is 101 Å². The lowest BCUT2D eigenvalue weighted by Crippen LogP contribution is -2.03. The van der Waals surface area contributed by atoms with E-state index < -0.39 is 5.97 Å². The maximum atomic E-state index is 11.0. The van der Waals surface area contributed by atoms with E-state index in [0.717, 1.165) is 5.82 Å². The van der Waals surface area contributed by atoms with Crippen molar-refractivity contribution in [2.24, 2.45) is 7.05 Å². The topological polar surface area (TPSA) is 96.7 Å². The Bertz CT molecular complexity index is 547. The highest BCUT2D eigenvalue weighted by Crippen LogP contribution is 2.21. The number of carboxylic acids is 1. The Balaban J connectivity index is 2.13. The van der Waals surface area contributed by atoms with Gasteiger partial charge in [-0.05, 0) is 6.92 Å². The number of carbonyl (C=O) groups is 1. The molecule has 17 heavy (non-hydrogen) atoms. The van der Waals surface area contributed by atoms with Crippen molar-refractivity contribution in [2.75, 3.05) is 0 Å². The lowest BCUT2D eigenvalue weighted by Gasteiger charge is -2.01. The van der Waals surface area contributed by atoms with Crippen LogP contribution in [-0.2, 0) is 12.8 Å². The third-order valence-electron chi connectivity index (χ3n) is 2.21. The standard InChI is InChI=1S/C9H11N5O2S/c1-5-11-9(13-12-5)17-4-7-6(8(15)16)3-10-14(7)2/h3H,4H2,1-2H3,(H,15,16)(H,11,12,13). The molecule has 2 N–H and O–H groups in total. The van der Waals surface area contributed by atoms with Gasteiger partial charge in [0.25, 0.3) is 0 Å². The average molecular weight is 253 g/mol. The molecule has 0 spiro atoms. The van der Waals surface area contributed by atoms with Crippen molar-refractivity contribution in [1.82, 2.24) is 25.0 Å². The second-order valence-corrected chi connectivity index (χ2v) is 4.37. The SMILES string of the molecule is Cc1nc(SCc2c(C(=O)O)cnn2C)n[nH]1. The molecule has 0 saturated carbocycles. The molecule has 0 radical (unpaired) electrons. The van der Waals surface area contributed by atoms with Gasteiger partial charge in [-0.25, -0.2) is 9.78 Å². The number of aromatic carboxylic acids is 1. The Morgan fingerprint density at radius 1 is 1.65 bits per heavy atom. The molecule has 0 aromatic carbocycles. The van der Waals surface area contributed by atoms with E-state index in [2.05, 4.69) is 20.3 Å². The molecule has 90 valence electrons. The summed E-state index contributed by atoms with van der Waals surface area (Å²) < 4.78 is 1.55. The van der Waals surface area contributed by atoms with E-state index in [0.29, 0.717) is 16.6 Å². The van der Waals surface area contributed by atoms with Crippen molar-refractivity contribution < 1.29 is 9.90 Å². The first-order valence-electron chi connectivity index (χ1n) is 4.84. The molecule has 2 aromatic rings. The minimum Gasteiger partial charge on any atom is -0.478 e. The molecule has 0 amide bonds. The van der Waals surface area contributed by atoms with E-state index in [1.807, 2.05) is 6.92 Å². The monoisotopic (exact) mass is 253 g/mol. The highest BCUT2D eigenvalue weighted by molar-refractivity contribution is 7.98. The predicted octanol–water partition coefficient (Wildman–Crippen LogP) is 0.837. The van der Waals surface area contributed by atoms with Gasteiger partial charge < -0.3 is 5.11 Å². The zero-order valence-corrected chi connectivity index (χ0v) is 10.2. The molecule has 2 rings (SSSR count). The van der Waals surface area contributed by atoms with Crippen LogP contribution >= 0.6 is 11.8 Å². The number of carboxylic acid groups (broad SMARTS) is 1. The van der Waals surface area contributed by atoms with Gasteiger partial charge in [0.1, 0.15) is 11.4 Å². The Kier molecular flexibility index (Phi) is 3.14. The molecule has 0 aliphatic rings. The summed E-state index contributed by atoms with van der Waals surface area (Å²) in [6.07, 6.45) is 1.35. The van der Waals surface area contributed by atoms with E-state index in [9.17, 15) is 4.79 Å². The normalized spacial score (nSPS) is 10.7. The number of nitrogens with one attached hydrogen (secondary N) is 1. The highest BCUT2D eigenvalue weighted by Gasteiger charge is 2.15. The van der Waals surface area contributed by atoms with Crippen LogP contribution in [0.5, 0.6) is 0 Å². The second-order valence-electron chi connectivity index (χ2n) is 3.43. The lowest BCUT2D eigenvalue weighted by molar-refractivity contribution is 0.0696. The van der Waals surface area contributed by atoms with Gasteiger partial charge in [-0.3, -0.25) is 9.78 Å². The molecular formula is C9H11N5O2S. The number of thioether (sulfide) groups is 1. The molecular weight excluding hydrogens is 242 g/mol. The maximum Gasteiger partial charge on any atom is 0.339 e. The summed E-state index contributed by atoms with van der Waals surface area (Å²) >= 11 is 1.37. The van der Waals surface area contributed by atoms with Crippen molar-refractivity contribution in [3.63, 3.8) is 0 Å². The van der Waals surface area contributed by atoms with Crippen LogP contribution < -0.4 is 0 Å². The van der Waals surface area contributed by atoms with Gasteiger partial charge in [0.15, 0.2) is 0 Å². The van der Waals surface area contributed by atoms with Gasteiger partial charge >= 0.3 is 5.97 Å². The number of hydrogen-bond donors (Lipinski definition) is 2. The van der Waals surface area contributed by atoms with Crippen LogP contribution in [0.15, 0.2) is 11.4 Å². The number of aromatic amines is 1. The van der Waals surface area contributed by atoms with Crippen LogP contribution in [0, 0.1) is 6.92 Å². The lowest BCUT2D eigenvalue weighted by atomic mass is 10.3. The van der Waals surface area contributed by atoms with Crippen molar-refractivity contribution in [1.29, 1.82) is 0 Å². The fourth-order valence-corrected chi connectivity index (χ4v) is 2.25. The van der Waals surface area contributed by atoms with E-state index in [1.54, 1.807) is 11.7 Å². The van der Waals surface area contributed by atoms with E-state index in [4.69, 9.17) is 5.11 Å². The molecule has 0 saturated heterocycles. The van der Waals surface area contributed by atoms with Gasteiger partial charge in [0, 0.05) is 12.8 Å². The molecule has 2 heterocycles. The van der Waals surface area contributed by atoms with Gasteiger partial charge in [-0.15, -0.1) is 5.10 Å². The van der Waals surface area contributed by atoms with Gasteiger partial charge in [0.05, 0.1) is 11.9 Å². The summed E-state index contributed by atoms with van der Waals surface area (Å²) in [5.74, 6) is 0.228. The minimum absolute atomic E-state index is 0.215. The zero-order valence-electron chi connectivity index (χ0n) is 9.34. The Morgan fingerprint density at radius 2 is 2.41 bits per heavy atom. The van der Waals surface area contributed by atoms with Crippen LogP contribution in [0.4, 0.5) is 0 Å². The summed E-state index contributed by atoms with van der Waals surface area (Å²) in [6.45, 7) is 1.81. The Hall–Kier alpha value is -1.83. The predicted molar refractivity (Wildman–Crippen MR) is 60.8 cm³/mol. The van der Waals surface area contributed by atoms with E-state index in [1.165, 1.54) is 18.0 Å². The fraction of sp³-hybridized carbons (Fsp3) is 0.333. The smallest absolute Gasteiger partial charge is 0.339 e. The van der Waals surface area contributed by atoms with Crippen LogP contribution in [-0.4, -0.2) is 36.0 Å². The molecule has 0 atom stereocenters. The Morgan fingerprint density at radius 3 is 3.00 bits per heavy atom. The summed E-state index contributed by atoms with van der Waals surface area (Å²) in [6, 6.07) is 0. The zero-order chi connectivity index (χ0) is 12.4. The van der Waals surface area contributed by atoms with Crippen molar-refractivity contribution in [2.45, 2.75) is 17.8 Å². The number of aryl methyl sites for hydroxylation is 2. The summed E-state index contributed by atoms with van der Waals surface area (Å²) in [5, 5.41) is 20.2. The number of H-pyrrole nitrogens is 1. The number of rotatable bonds is 4. The van der Waals surface area contributed by atoms with Gasteiger partial charge in [-0.1, -0.05) is 11.8 Å². The molecule has 2 aromatic heterocycles. The molecule has 7 nitrogen and oxygen atoms in total. The van der Waals surface area contributed by atoms with E-state index >= 15 is 0 Å². The van der Waals surface area contributed by atoms with Crippen LogP contribution in [0.25, 0.3) is 0 Å². The van der Waals surface area contributed by atoms with Crippen molar-refractivity contribution in [3.8, 4) is 0 Å². The largest absolute Gasteiger partial charge is 0.478 e. The number of aromatic nitrogens is 5.